The van der Waals surface area contributed by atoms with Crippen molar-refractivity contribution in [3.8, 4) is 0 Å². The van der Waals surface area contributed by atoms with Gasteiger partial charge in [0.2, 0.25) is 5.91 Å². The van der Waals surface area contributed by atoms with Crippen LogP contribution in [0.4, 0.5) is 0 Å². The first-order valence-corrected chi connectivity index (χ1v) is 7.70. The quantitative estimate of drug-likeness (QED) is 0.762. The molecule has 1 aliphatic rings. The molecule has 5 nitrogen and oxygen atoms in total. The monoisotopic (exact) mass is 262 g/mol. The van der Waals surface area contributed by atoms with E-state index in [1.54, 1.807) is 4.90 Å². The molecule has 1 saturated heterocycles. The third-order valence-corrected chi connectivity index (χ3v) is 5.32. The van der Waals surface area contributed by atoms with Crippen molar-refractivity contribution in [3.63, 3.8) is 0 Å². The van der Waals surface area contributed by atoms with Crippen LogP contribution in [0.5, 0.6) is 0 Å². The van der Waals surface area contributed by atoms with Crippen molar-refractivity contribution in [1.82, 2.24) is 10.2 Å². The van der Waals surface area contributed by atoms with Gasteiger partial charge in [-0.3, -0.25) is 4.79 Å². The molecule has 0 aromatic rings. The van der Waals surface area contributed by atoms with E-state index in [0.29, 0.717) is 13.1 Å². The Morgan fingerprint density at radius 2 is 1.65 bits per heavy atom. The van der Waals surface area contributed by atoms with E-state index in [-0.39, 0.29) is 18.0 Å². The topological polar surface area (TPSA) is 66.5 Å². The van der Waals surface area contributed by atoms with Crippen molar-refractivity contribution in [1.29, 1.82) is 0 Å². The second kappa shape index (κ2) is 4.57. The first-order chi connectivity index (χ1) is 7.55. The van der Waals surface area contributed by atoms with E-state index in [1.165, 1.54) is 13.8 Å². The van der Waals surface area contributed by atoms with Crippen molar-refractivity contribution in [3.05, 3.63) is 0 Å². The number of nitrogens with zero attached hydrogens (tertiary/aromatic N) is 1. The molecule has 0 aromatic heterocycles. The molecule has 1 heterocycles. The molecule has 0 saturated carbocycles. The Labute approximate surface area is 103 Å². The Kier molecular flexibility index (Phi) is 3.88. The zero-order chi connectivity index (χ0) is 13.4. The predicted molar refractivity (Wildman–Crippen MR) is 67.6 cm³/mol. The summed E-state index contributed by atoms with van der Waals surface area (Å²) in [5.74, 6) is -0.305. The fraction of sp³-hybridized carbons (Fsp3) is 0.909. The van der Waals surface area contributed by atoms with E-state index < -0.39 is 14.6 Å². The van der Waals surface area contributed by atoms with Crippen LogP contribution < -0.4 is 5.32 Å². The first-order valence-electron chi connectivity index (χ1n) is 5.80. The Bertz CT molecular complexity index is 393. The number of nitrogens with one attached hydrogen (secondary N) is 1. The fourth-order valence-electron chi connectivity index (χ4n) is 2.03. The van der Waals surface area contributed by atoms with E-state index in [0.717, 1.165) is 6.26 Å². The Morgan fingerprint density at radius 1 is 1.24 bits per heavy atom. The van der Waals surface area contributed by atoms with Crippen molar-refractivity contribution in [2.24, 2.45) is 0 Å². The molecule has 100 valence electrons. The first kappa shape index (κ1) is 14.4. The minimum atomic E-state index is -3.40. The predicted octanol–water partition coefficient (Wildman–Crippen LogP) is 0.0184. The number of carbonyl (C=O) groups is 1. The SMILES string of the molecule is CC1CN(C(=O)C(C)(C)S(C)(=O)=O)CC(C)N1. The molecule has 1 fully saturated rings. The summed E-state index contributed by atoms with van der Waals surface area (Å²) in [6.45, 7) is 8.04. The lowest BCUT2D eigenvalue weighted by atomic mass is 10.1. The highest BCUT2D eigenvalue weighted by Crippen LogP contribution is 2.20. The summed E-state index contributed by atoms with van der Waals surface area (Å²) in [5, 5.41) is 3.31. The summed E-state index contributed by atoms with van der Waals surface area (Å²) in [4.78, 5) is 13.9. The molecule has 0 aromatic carbocycles. The maximum atomic E-state index is 12.3. The zero-order valence-electron chi connectivity index (χ0n) is 11.1. The van der Waals surface area contributed by atoms with Gasteiger partial charge in [0.1, 0.15) is 4.75 Å². The molecule has 0 spiro atoms. The van der Waals surface area contributed by atoms with Gasteiger partial charge >= 0.3 is 0 Å². The van der Waals surface area contributed by atoms with Gasteiger partial charge in [0.15, 0.2) is 9.84 Å². The molecule has 1 aliphatic heterocycles. The van der Waals surface area contributed by atoms with Crippen molar-refractivity contribution >= 4 is 15.7 Å². The summed E-state index contributed by atoms with van der Waals surface area (Å²) >= 11 is 0. The van der Waals surface area contributed by atoms with Gasteiger partial charge in [0, 0.05) is 31.4 Å². The van der Waals surface area contributed by atoms with Gasteiger partial charge < -0.3 is 10.2 Å². The van der Waals surface area contributed by atoms with Crippen LogP contribution in [0.3, 0.4) is 0 Å². The van der Waals surface area contributed by atoms with Gasteiger partial charge in [-0.2, -0.15) is 0 Å². The molecular formula is C11H22N2O3S. The van der Waals surface area contributed by atoms with Crippen molar-refractivity contribution in [2.45, 2.75) is 44.5 Å². The lowest BCUT2D eigenvalue weighted by Gasteiger charge is -2.39. The van der Waals surface area contributed by atoms with Gasteiger partial charge in [-0.15, -0.1) is 0 Å². The minimum absolute atomic E-state index is 0.193. The van der Waals surface area contributed by atoms with E-state index in [2.05, 4.69) is 5.32 Å². The standard InChI is InChI=1S/C11H22N2O3S/c1-8-6-13(7-9(2)12-8)10(14)11(3,4)17(5,15)16/h8-9,12H,6-7H2,1-5H3. The highest BCUT2D eigenvalue weighted by molar-refractivity contribution is 7.92. The molecule has 2 unspecified atom stereocenters. The Hall–Kier alpha value is -0.620. The van der Waals surface area contributed by atoms with E-state index in [1.807, 2.05) is 13.8 Å². The molecule has 1 rings (SSSR count). The van der Waals surface area contributed by atoms with Crippen LogP contribution in [0.15, 0.2) is 0 Å². The summed E-state index contributed by atoms with van der Waals surface area (Å²) in [5.41, 5.74) is 0. The molecule has 1 amide bonds. The molecule has 0 radical (unpaired) electrons. The summed E-state index contributed by atoms with van der Waals surface area (Å²) in [6.07, 6.45) is 1.11. The van der Waals surface area contributed by atoms with Gasteiger partial charge in [-0.25, -0.2) is 8.42 Å². The normalized spacial score (nSPS) is 27.0. The van der Waals surface area contributed by atoms with Crippen LogP contribution in [0, 0.1) is 0 Å². The Morgan fingerprint density at radius 3 is 2.00 bits per heavy atom. The third-order valence-electron chi connectivity index (χ3n) is 3.29. The van der Waals surface area contributed by atoms with Crippen molar-refractivity contribution in [2.75, 3.05) is 19.3 Å². The molecule has 0 aliphatic carbocycles. The number of amides is 1. The largest absolute Gasteiger partial charge is 0.338 e. The van der Waals surface area contributed by atoms with Gasteiger partial charge in [-0.05, 0) is 27.7 Å². The highest BCUT2D eigenvalue weighted by Gasteiger charge is 2.42. The number of sulfone groups is 1. The van der Waals surface area contributed by atoms with Crippen LogP contribution in [-0.2, 0) is 14.6 Å². The fourth-order valence-corrected chi connectivity index (χ4v) is 2.48. The van der Waals surface area contributed by atoms with Gasteiger partial charge in [0.05, 0.1) is 0 Å². The number of carbonyl (C=O) groups excluding carboxylic acids is 1. The second-order valence-corrected chi connectivity index (χ2v) is 8.03. The van der Waals surface area contributed by atoms with E-state index >= 15 is 0 Å². The smallest absolute Gasteiger partial charge is 0.243 e. The molecular weight excluding hydrogens is 240 g/mol. The average molecular weight is 262 g/mol. The highest BCUT2D eigenvalue weighted by atomic mass is 32.2. The zero-order valence-corrected chi connectivity index (χ0v) is 12.0. The third kappa shape index (κ3) is 2.98. The lowest BCUT2D eigenvalue weighted by molar-refractivity contribution is -0.134. The Balaban J connectivity index is 2.90. The van der Waals surface area contributed by atoms with E-state index in [4.69, 9.17) is 0 Å². The van der Waals surface area contributed by atoms with Crippen LogP contribution in [0.2, 0.25) is 0 Å². The van der Waals surface area contributed by atoms with E-state index in [9.17, 15) is 13.2 Å². The van der Waals surface area contributed by atoms with Crippen LogP contribution in [-0.4, -0.2) is 55.4 Å². The molecule has 2 atom stereocenters. The lowest BCUT2D eigenvalue weighted by Crippen LogP contribution is -2.60. The summed E-state index contributed by atoms with van der Waals surface area (Å²) in [6, 6.07) is 0.385. The summed E-state index contributed by atoms with van der Waals surface area (Å²) < 4.78 is 21.9. The molecule has 1 N–H and O–H groups in total. The maximum absolute atomic E-state index is 12.3. The van der Waals surface area contributed by atoms with Gasteiger partial charge in [-0.1, -0.05) is 0 Å². The second-order valence-electron chi connectivity index (χ2n) is 5.46. The number of hydrogen-bond donors (Lipinski definition) is 1. The number of hydrogen-bond acceptors (Lipinski definition) is 4. The van der Waals surface area contributed by atoms with Crippen LogP contribution >= 0.6 is 0 Å². The summed E-state index contributed by atoms with van der Waals surface area (Å²) in [7, 11) is -3.40. The van der Waals surface area contributed by atoms with Gasteiger partial charge in [0.25, 0.3) is 0 Å². The maximum Gasteiger partial charge on any atom is 0.243 e. The van der Waals surface area contributed by atoms with Crippen LogP contribution in [0.1, 0.15) is 27.7 Å². The number of piperazine rings is 1. The van der Waals surface area contributed by atoms with Crippen LogP contribution in [0.25, 0.3) is 0 Å². The number of rotatable bonds is 2. The average Bonchev–Trinajstić information content (AvgIpc) is 2.13. The van der Waals surface area contributed by atoms with Crippen molar-refractivity contribution < 1.29 is 13.2 Å². The molecule has 17 heavy (non-hydrogen) atoms. The molecule has 6 heteroatoms. The molecule has 0 bridgehead atoms. The minimum Gasteiger partial charge on any atom is -0.338 e.